The maximum Gasteiger partial charge on any atom is 0.422 e. The Morgan fingerprint density at radius 1 is 1.19 bits per heavy atom. The van der Waals surface area contributed by atoms with Crippen LogP contribution in [0.3, 0.4) is 0 Å². The zero-order valence-electron chi connectivity index (χ0n) is 17.5. The van der Waals surface area contributed by atoms with Gasteiger partial charge >= 0.3 is 6.18 Å². The molecule has 2 heterocycles. The second-order valence-corrected chi connectivity index (χ2v) is 7.99. The van der Waals surface area contributed by atoms with E-state index in [1.54, 1.807) is 24.3 Å². The highest BCUT2D eigenvalue weighted by Gasteiger charge is 2.28. The largest absolute Gasteiger partial charge is 0.468 e. The normalized spacial score (nSPS) is 12.1. The van der Waals surface area contributed by atoms with Crippen LogP contribution in [0.1, 0.15) is 25.0 Å². The van der Waals surface area contributed by atoms with Crippen LogP contribution in [0.2, 0.25) is 0 Å². The predicted molar refractivity (Wildman–Crippen MR) is 115 cm³/mol. The molecule has 0 aliphatic heterocycles. The first-order chi connectivity index (χ1) is 15.0. The molecular weight excluding hydrogens is 425 g/mol. The molecule has 0 spiro atoms. The molecule has 2 aromatic heterocycles. The molecule has 0 bridgehead atoms. The number of nitrogen functional groups attached to an aromatic ring is 1. The summed E-state index contributed by atoms with van der Waals surface area (Å²) < 4.78 is 41.7. The summed E-state index contributed by atoms with van der Waals surface area (Å²) in [6.45, 7) is 2.67. The van der Waals surface area contributed by atoms with Crippen LogP contribution in [-0.2, 0) is 0 Å². The molecular formula is C21H23F3N6O2. The van der Waals surface area contributed by atoms with Crippen molar-refractivity contribution in [1.29, 1.82) is 5.41 Å². The molecule has 0 aliphatic rings. The second kappa shape index (κ2) is 8.95. The van der Waals surface area contributed by atoms with E-state index in [0.717, 1.165) is 0 Å². The first-order valence-electron chi connectivity index (χ1n) is 9.64. The Morgan fingerprint density at radius 3 is 2.62 bits per heavy atom. The molecule has 0 fully saturated rings. The van der Waals surface area contributed by atoms with E-state index in [-0.39, 0.29) is 24.0 Å². The van der Waals surface area contributed by atoms with Crippen LogP contribution >= 0.6 is 0 Å². The number of alkyl halides is 3. The van der Waals surface area contributed by atoms with Gasteiger partial charge in [0.2, 0.25) is 5.88 Å². The van der Waals surface area contributed by atoms with Crippen molar-refractivity contribution in [3.63, 3.8) is 0 Å². The first kappa shape index (κ1) is 23.2. The van der Waals surface area contributed by atoms with Crippen LogP contribution in [0.25, 0.3) is 10.9 Å². The number of anilines is 2. The van der Waals surface area contributed by atoms with E-state index in [0.29, 0.717) is 34.4 Å². The van der Waals surface area contributed by atoms with Gasteiger partial charge in [-0.15, -0.1) is 0 Å². The number of hydrogen-bond acceptors (Lipinski definition) is 8. The van der Waals surface area contributed by atoms with Crippen LogP contribution in [0.4, 0.5) is 24.8 Å². The number of pyridine rings is 1. The Morgan fingerprint density at radius 2 is 1.94 bits per heavy atom. The summed E-state index contributed by atoms with van der Waals surface area (Å²) in [5.74, 6) is 0.331. The van der Waals surface area contributed by atoms with Gasteiger partial charge in [-0.3, -0.25) is 5.41 Å². The number of nitrogens with two attached hydrogens (primary N) is 1. The average molecular weight is 448 g/mol. The zero-order valence-corrected chi connectivity index (χ0v) is 17.5. The Bertz CT molecular complexity index is 1130. The molecule has 11 heteroatoms. The molecule has 0 saturated heterocycles. The summed E-state index contributed by atoms with van der Waals surface area (Å²) in [4.78, 5) is 12.2. The van der Waals surface area contributed by atoms with Crippen molar-refractivity contribution >= 4 is 28.3 Å². The SMILES string of the molecule is CC(C)(CO)CNc1ncnc(N)c1C(=N)c1ccc2nc(OCC(F)(F)F)ccc2c1. The lowest BCUT2D eigenvalue weighted by molar-refractivity contribution is -0.154. The fraction of sp³-hybridized carbons (Fsp3) is 0.333. The molecule has 3 aromatic rings. The molecule has 0 radical (unpaired) electrons. The summed E-state index contributed by atoms with van der Waals surface area (Å²) in [5, 5.41) is 21.9. The van der Waals surface area contributed by atoms with Gasteiger partial charge in [-0.2, -0.15) is 13.2 Å². The van der Waals surface area contributed by atoms with Gasteiger partial charge in [-0.05, 0) is 18.2 Å². The van der Waals surface area contributed by atoms with Gasteiger partial charge in [0.15, 0.2) is 6.61 Å². The molecule has 5 N–H and O–H groups in total. The number of ether oxygens (including phenoxy) is 1. The number of aliphatic hydroxyl groups excluding tert-OH is 1. The van der Waals surface area contributed by atoms with Gasteiger partial charge in [0.05, 0.1) is 16.8 Å². The number of aliphatic hydroxyl groups is 1. The molecule has 0 saturated carbocycles. The Kier molecular flexibility index (Phi) is 6.49. The van der Waals surface area contributed by atoms with Crippen molar-refractivity contribution in [3.8, 4) is 5.88 Å². The molecule has 3 rings (SSSR count). The van der Waals surface area contributed by atoms with Crippen LogP contribution in [0.5, 0.6) is 5.88 Å². The molecule has 32 heavy (non-hydrogen) atoms. The van der Waals surface area contributed by atoms with Crippen LogP contribution in [-0.4, -0.2) is 51.7 Å². The minimum Gasteiger partial charge on any atom is -0.468 e. The van der Waals surface area contributed by atoms with Crippen LogP contribution in [0.15, 0.2) is 36.7 Å². The molecule has 1 aromatic carbocycles. The van der Waals surface area contributed by atoms with Gasteiger partial charge in [-0.1, -0.05) is 19.9 Å². The Hall–Kier alpha value is -3.47. The highest BCUT2D eigenvalue weighted by atomic mass is 19.4. The molecule has 0 amide bonds. The minimum atomic E-state index is -4.45. The second-order valence-electron chi connectivity index (χ2n) is 7.99. The molecule has 0 atom stereocenters. The number of hydrogen-bond donors (Lipinski definition) is 4. The van der Waals surface area contributed by atoms with E-state index in [1.807, 2.05) is 13.8 Å². The van der Waals surface area contributed by atoms with Gasteiger partial charge < -0.3 is 20.9 Å². The number of rotatable bonds is 8. The third-order valence-corrected chi connectivity index (χ3v) is 4.63. The summed E-state index contributed by atoms with van der Waals surface area (Å²) in [7, 11) is 0. The Balaban J connectivity index is 1.88. The number of halogens is 3. The third kappa shape index (κ3) is 5.61. The zero-order chi connectivity index (χ0) is 23.5. The minimum absolute atomic E-state index is 0.0420. The quantitative estimate of drug-likeness (QED) is 0.389. The lowest BCUT2D eigenvalue weighted by Gasteiger charge is -2.23. The van der Waals surface area contributed by atoms with E-state index in [2.05, 4.69) is 25.0 Å². The van der Waals surface area contributed by atoms with Crippen molar-refractivity contribution in [3.05, 3.63) is 47.8 Å². The fourth-order valence-electron chi connectivity index (χ4n) is 2.80. The van der Waals surface area contributed by atoms with Crippen molar-refractivity contribution in [1.82, 2.24) is 15.0 Å². The van der Waals surface area contributed by atoms with Gasteiger partial charge in [-0.25, -0.2) is 15.0 Å². The van der Waals surface area contributed by atoms with E-state index < -0.39 is 18.2 Å². The topological polar surface area (TPSA) is 130 Å². The summed E-state index contributed by atoms with van der Waals surface area (Å²) in [6, 6.07) is 7.77. The van der Waals surface area contributed by atoms with Crippen molar-refractivity contribution in [2.24, 2.45) is 5.41 Å². The Labute approximate surface area is 182 Å². The molecule has 0 unspecified atom stereocenters. The maximum atomic E-state index is 12.3. The smallest absolute Gasteiger partial charge is 0.422 e. The van der Waals surface area contributed by atoms with E-state index >= 15 is 0 Å². The lowest BCUT2D eigenvalue weighted by Crippen LogP contribution is -2.28. The van der Waals surface area contributed by atoms with E-state index in [9.17, 15) is 18.3 Å². The van der Waals surface area contributed by atoms with Crippen molar-refractivity contribution in [2.75, 3.05) is 30.8 Å². The monoisotopic (exact) mass is 448 g/mol. The van der Waals surface area contributed by atoms with Gasteiger partial charge in [0.1, 0.15) is 18.0 Å². The maximum absolute atomic E-state index is 12.3. The lowest BCUT2D eigenvalue weighted by atomic mass is 9.94. The first-order valence-corrected chi connectivity index (χ1v) is 9.64. The van der Waals surface area contributed by atoms with Gasteiger partial charge in [0, 0.05) is 35.6 Å². The number of benzene rings is 1. The summed E-state index contributed by atoms with van der Waals surface area (Å²) in [5.41, 5.74) is 6.89. The fourth-order valence-corrected chi connectivity index (χ4v) is 2.80. The van der Waals surface area contributed by atoms with Crippen molar-refractivity contribution in [2.45, 2.75) is 20.0 Å². The number of fused-ring (bicyclic) bond motifs is 1. The highest BCUT2D eigenvalue weighted by molar-refractivity contribution is 6.17. The van der Waals surface area contributed by atoms with E-state index in [1.165, 1.54) is 12.4 Å². The highest BCUT2D eigenvalue weighted by Crippen LogP contribution is 2.26. The van der Waals surface area contributed by atoms with Gasteiger partial charge in [0.25, 0.3) is 0 Å². The van der Waals surface area contributed by atoms with Crippen LogP contribution in [0, 0.1) is 10.8 Å². The van der Waals surface area contributed by atoms with Crippen molar-refractivity contribution < 1.29 is 23.0 Å². The van der Waals surface area contributed by atoms with Crippen LogP contribution < -0.4 is 15.8 Å². The number of nitrogens with one attached hydrogen (secondary N) is 2. The van der Waals surface area contributed by atoms with E-state index in [4.69, 9.17) is 11.1 Å². The summed E-state index contributed by atoms with van der Waals surface area (Å²) in [6.07, 6.45) is -3.17. The molecule has 170 valence electrons. The molecule has 8 nitrogen and oxygen atoms in total. The number of nitrogens with zero attached hydrogens (tertiary/aromatic N) is 3. The standard InChI is InChI=1S/C21H23F3N6O2/c1-20(2,9-31)8-27-19-16(18(26)28-11-29-19)17(25)13-3-5-14-12(7-13)4-6-15(30-14)32-10-21(22,23)24/h3-7,11,25,31H,8-10H2,1-2H3,(H3,26,27,28,29). The summed E-state index contributed by atoms with van der Waals surface area (Å²) >= 11 is 0. The molecule has 0 aliphatic carbocycles. The third-order valence-electron chi connectivity index (χ3n) is 4.63. The average Bonchev–Trinajstić information content (AvgIpc) is 2.75. The predicted octanol–water partition coefficient (Wildman–Crippen LogP) is 3.39. The number of aromatic nitrogens is 3.